The molecular formula is C11H7Cl2NOS. The van der Waals surface area contributed by atoms with Crippen LogP contribution in [-0.4, -0.2) is 5.91 Å². The highest BCUT2D eigenvalue weighted by atomic mass is 35.5. The third-order valence-corrected chi connectivity index (χ3v) is 3.38. The van der Waals surface area contributed by atoms with Crippen molar-refractivity contribution < 1.29 is 4.79 Å². The SMILES string of the molecule is O=C(Nc1ccc(Cl)cc1)c1ccc(Cl)s1. The van der Waals surface area contributed by atoms with Crippen LogP contribution in [0.15, 0.2) is 36.4 Å². The van der Waals surface area contributed by atoms with Crippen LogP contribution in [0.4, 0.5) is 5.69 Å². The van der Waals surface area contributed by atoms with E-state index >= 15 is 0 Å². The van der Waals surface area contributed by atoms with Gasteiger partial charge >= 0.3 is 0 Å². The predicted molar refractivity (Wildman–Crippen MR) is 68.7 cm³/mol. The van der Waals surface area contributed by atoms with Crippen molar-refractivity contribution in [2.45, 2.75) is 0 Å². The van der Waals surface area contributed by atoms with Gasteiger partial charge in [0.15, 0.2) is 0 Å². The second-order valence-electron chi connectivity index (χ2n) is 3.06. The van der Waals surface area contributed by atoms with Crippen molar-refractivity contribution >= 4 is 46.1 Å². The number of nitrogens with one attached hydrogen (secondary N) is 1. The molecule has 1 amide bonds. The largest absolute Gasteiger partial charge is 0.321 e. The Morgan fingerprint density at radius 2 is 1.75 bits per heavy atom. The molecule has 0 radical (unpaired) electrons. The molecule has 0 fully saturated rings. The lowest BCUT2D eigenvalue weighted by Crippen LogP contribution is -2.09. The highest BCUT2D eigenvalue weighted by Crippen LogP contribution is 2.22. The normalized spacial score (nSPS) is 10.1. The Labute approximate surface area is 107 Å². The van der Waals surface area contributed by atoms with E-state index in [9.17, 15) is 4.79 Å². The summed E-state index contributed by atoms with van der Waals surface area (Å²) >= 11 is 12.7. The van der Waals surface area contributed by atoms with E-state index in [1.165, 1.54) is 11.3 Å². The van der Waals surface area contributed by atoms with Crippen LogP contribution >= 0.6 is 34.5 Å². The summed E-state index contributed by atoms with van der Waals surface area (Å²) in [7, 11) is 0. The van der Waals surface area contributed by atoms with E-state index in [-0.39, 0.29) is 5.91 Å². The first kappa shape index (κ1) is 11.5. The van der Waals surface area contributed by atoms with Gasteiger partial charge in [-0.1, -0.05) is 23.2 Å². The summed E-state index contributed by atoms with van der Waals surface area (Å²) in [6, 6.07) is 10.3. The minimum Gasteiger partial charge on any atom is -0.321 e. The van der Waals surface area contributed by atoms with Crippen LogP contribution in [0.3, 0.4) is 0 Å². The van der Waals surface area contributed by atoms with E-state index < -0.39 is 0 Å². The van der Waals surface area contributed by atoms with Crippen LogP contribution in [0.2, 0.25) is 9.36 Å². The topological polar surface area (TPSA) is 29.1 Å². The zero-order valence-corrected chi connectivity index (χ0v) is 10.4. The van der Waals surface area contributed by atoms with Crippen LogP contribution in [0.5, 0.6) is 0 Å². The Morgan fingerprint density at radius 1 is 1.06 bits per heavy atom. The smallest absolute Gasteiger partial charge is 0.265 e. The minimum absolute atomic E-state index is 0.167. The summed E-state index contributed by atoms with van der Waals surface area (Å²) < 4.78 is 0.598. The van der Waals surface area contributed by atoms with E-state index in [0.717, 1.165) is 0 Å². The molecule has 1 aromatic heterocycles. The number of rotatable bonds is 2. The number of anilines is 1. The fourth-order valence-corrected chi connectivity index (χ4v) is 2.23. The molecule has 0 bridgehead atoms. The zero-order chi connectivity index (χ0) is 11.5. The van der Waals surface area contributed by atoms with E-state index in [1.54, 1.807) is 36.4 Å². The van der Waals surface area contributed by atoms with Crippen molar-refractivity contribution in [2.24, 2.45) is 0 Å². The fourth-order valence-electron chi connectivity index (χ4n) is 1.16. The molecule has 82 valence electrons. The van der Waals surface area contributed by atoms with E-state index in [2.05, 4.69) is 5.32 Å². The average molecular weight is 272 g/mol. The number of carbonyl (C=O) groups excluding carboxylic acids is 1. The second-order valence-corrected chi connectivity index (χ2v) is 5.22. The third-order valence-electron chi connectivity index (χ3n) is 1.90. The van der Waals surface area contributed by atoms with Crippen molar-refractivity contribution in [2.75, 3.05) is 5.32 Å². The van der Waals surface area contributed by atoms with Gasteiger partial charge < -0.3 is 5.32 Å². The van der Waals surface area contributed by atoms with Gasteiger partial charge in [-0.25, -0.2) is 0 Å². The summed E-state index contributed by atoms with van der Waals surface area (Å²) in [5.74, 6) is -0.167. The molecule has 0 unspecified atom stereocenters. The quantitative estimate of drug-likeness (QED) is 0.867. The lowest BCUT2D eigenvalue weighted by molar-refractivity contribution is 0.103. The third kappa shape index (κ3) is 2.76. The predicted octanol–water partition coefficient (Wildman–Crippen LogP) is 4.31. The Hall–Kier alpha value is -1.03. The first-order chi connectivity index (χ1) is 7.65. The molecule has 5 heteroatoms. The molecule has 0 aliphatic heterocycles. The minimum atomic E-state index is -0.167. The molecule has 0 aliphatic carbocycles. The number of benzene rings is 1. The maximum absolute atomic E-state index is 11.7. The van der Waals surface area contributed by atoms with Crippen molar-refractivity contribution in [1.29, 1.82) is 0 Å². The number of carbonyl (C=O) groups is 1. The van der Waals surface area contributed by atoms with Gasteiger partial charge in [0.05, 0.1) is 9.21 Å². The van der Waals surface area contributed by atoms with Crippen molar-refractivity contribution in [3.63, 3.8) is 0 Å². The van der Waals surface area contributed by atoms with Gasteiger partial charge in [-0.2, -0.15) is 0 Å². The molecular weight excluding hydrogens is 265 g/mol. The lowest BCUT2D eigenvalue weighted by Gasteiger charge is -2.02. The first-order valence-electron chi connectivity index (χ1n) is 4.47. The zero-order valence-electron chi connectivity index (χ0n) is 8.04. The molecule has 1 heterocycles. The molecule has 1 N–H and O–H groups in total. The summed E-state index contributed by atoms with van der Waals surface area (Å²) in [6.45, 7) is 0. The summed E-state index contributed by atoms with van der Waals surface area (Å²) in [5.41, 5.74) is 0.707. The number of thiophene rings is 1. The first-order valence-corrected chi connectivity index (χ1v) is 6.04. The molecule has 0 saturated heterocycles. The Kier molecular flexibility index (Phi) is 3.49. The highest BCUT2D eigenvalue weighted by Gasteiger charge is 2.08. The standard InChI is InChI=1S/C11H7Cl2NOS/c12-7-1-3-8(4-2-7)14-11(15)9-5-6-10(13)16-9/h1-6H,(H,14,15). The van der Waals surface area contributed by atoms with Gasteiger partial charge in [-0.05, 0) is 36.4 Å². The second kappa shape index (κ2) is 4.87. The number of halogens is 2. The van der Waals surface area contributed by atoms with Crippen LogP contribution < -0.4 is 5.32 Å². The van der Waals surface area contributed by atoms with Gasteiger partial charge in [0.1, 0.15) is 0 Å². The van der Waals surface area contributed by atoms with Gasteiger partial charge in [0.2, 0.25) is 0 Å². The van der Waals surface area contributed by atoms with Crippen LogP contribution in [-0.2, 0) is 0 Å². The number of hydrogen-bond donors (Lipinski definition) is 1. The average Bonchev–Trinajstić information content (AvgIpc) is 2.68. The number of amides is 1. The van der Waals surface area contributed by atoms with Crippen LogP contribution in [0, 0.1) is 0 Å². The Balaban J connectivity index is 2.10. The van der Waals surface area contributed by atoms with Crippen molar-refractivity contribution in [3.8, 4) is 0 Å². The van der Waals surface area contributed by atoms with E-state index in [0.29, 0.717) is 19.9 Å². The Morgan fingerprint density at radius 3 is 2.31 bits per heavy atom. The molecule has 2 aromatic rings. The molecule has 2 rings (SSSR count). The molecule has 0 spiro atoms. The van der Waals surface area contributed by atoms with E-state index in [4.69, 9.17) is 23.2 Å². The lowest BCUT2D eigenvalue weighted by atomic mass is 10.3. The summed E-state index contributed by atoms with van der Waals surface area (Å²) in [6.07, 6.45) is 0. The Bertz CT molecular complexity index is 507. The highest BCUT2D eigenvalue weighted by molar-refractivity contribution is 7.18. The van der Waals surface area contributed by atoms with Crippen LogP contribution in [0.25, 0.3) is 0 Å². The maximum Gasteiger partial charge on any atom is 0.265 e. The van der Waals surface area contributed by atoms with Gasteiger partial charge in [0.25, 0.3) is 5.91 Å². The summed E-state index contributed by atoms with van der Waals surface area (Å²) in [4.78, 5) is 12.3. The molecule has 0 saturated carbocycles. The molecule has 0 atom stereocenters. The van der Waals surface area contributed by atoms with Gasteiger partial charge in [-0.3, -0.25) is 4.79 Å². The van der Waals surface area contributed by atoms with Crippen LogP contribution in [0.1, 0.15) is 9.67 Å². The molecule has 16 heavy (non-hydrogen) atoms. The fraction of sp³-hybridized carbons (Fsp3) is 0. The van der Waals surface area contributed by atoms with Crippen molar-refractivity contribution in [1.82, 2.24) is 0 Å². The number of hydrogen-bond acceptors (Lipinski definition) is 2. The molecule has 0 aliphatic rings. The van der Waals surface area contributed by atoms with Crippen molar-refractivity contribution in [3.05, 3.63) is 50.6 Å². The maximum atomic E-state index is 11.7. The molecule has 2 nitrogen and oxygen atoms in total. The summed E-state index contributed by atoms with van der Waals surface area (Å²) in [5, 5.41) is 3.39. The van der Waals surface area contributed by atoms with Gasteiger partial charge in [-0.15, -0.1) is 11.3 Å². The monoisotopic (exact) mass is 271 g/mol. The molecule has 1 aromatic carbocycles. The van der Waals surface area contributed by atoms with E-state index in [1.807, 2.05) is 0 Å². The van der Waals surface area contributed by atoms with Gasteiger partial charge in [0, 0.05) is 10.7 Å².